The number of aromatic carboxylic acids is 1. The summed E-state index contributed by atoms with van der Waals surface area (Å²) in [4.78, 5) is 32.9. The number of benzene rings is 1. The summed E-state index contributed by atoms with van der Waals surface area (Å²) in [7, 11) is 5.37. The summed E-state index contributed by atoms with van der Waals surface area (Å²) in [5.41, 5.74) is -0.343. The normalized spacial score (nSPS) is 19.2. The van der Waals surface area contributed by atoms with Crippen LogP contribution in [0, 0.1) is 11.7 Å². The average Bonchev–Trinajstić information content (AvgIpc) is 3.29. The Morgan fingerprint density at radius 3 is 2.71 bits per heavy atom. The van der Waals surface area contributed by atoms with Crippen LogP contribution in [-0.2, 0) is 0 Å². The Hall–Kier alpha value is -3.40. The zero-order chi connectivity index (χ0) is 24.1. The molecule has 0 radical (unpaired) electrons. The maximum Gasteiger partial charge on any atom is 0.341 e. The van der Waals surface area contributed by atoms with Crippen molar-refractivity contribution in [3.63, 3.8) is 0 Å². The Bertz CT molecular complexity index is 1300. The number of nitrogens with zero attached hydrogens (tertiary/aromatic N) is 4. The zero-order valence-corrected chi connectivity index (χ0v) is 19.3. The van der Waals surface area contributed by atoms with Gasteiger partial charge in [0, 0.05) is 31.2 Å². The van der Waals surface area contributed by atoms with E-state index in [1.165, 1.54) is 13.3 Å². The molecule has 2 fully saturated rings. The van der Waals surface area contributed by atoms with Crippen LogP contribution in [0.25, 0.3) is 10.9 Å². The molecule has 1 aliphatic heterocycles. The van der Waals surface area contributed by atoms with E-state index >= 15 is 4.39 Å². The molecule has 180 valence electrons. The Kier molecular flexibility index (Phi) is 5.55. The van der Waals surface area contributed by atoms with Crippen molar-refractivity contribution in [1.29, 1.82) is 0 Å². The fourth-order valence-electron chi connectivity index (χ4n) is 5.20. The van der Waals surface area contributed by atoms with E-state index in [1.807, 2.05) is 23.9 Å². The molecule has 1 saturated heterocycles. The summed E-state index contributed by atoms with van der Waals surface area (Å²) in [6.45, 7) is 1.14. The van der Waals surface area contributed by atoms with Crippen molar-refractivity contribution in [2.24, 2.45) is 5.92 Å². The highest BCUT2D eigenvalue weighted by atomic mass is 19.1. The average molecular weight is 471 g/mol. The van der Waals surface area contributed by atoms with E-state index in [1.54, 1.807) is 17.0 Å². The van der Waals surface area contributed by atoms with Gasteiger partial charge in [0.25, 0.3) is 0 Å². The molecule has 2 aliphatic rings. The van der Waals surface area contributed by atoms with Crippen molar-refractivity contribution >= 4 is 22.6 Å². The van der Waals surface area contributed by atoms with E-state index in [-0.39, 0.29) is 34.7 Å². The van der Waals surface area contributed by atoms with Crippen molar-refractivity contribution in [1.82, 2.24) is 14.5 Å². The van der Waals surface area contributed by atoms with Crippen molar-refractivity contribution in [3.05, 3.63) is 52.2 Å². The first-order valence-corrected chi connectivity index (χ1v) is 11.3. The molecule has 1 aliphatic carbocycles. The second-order valence-corrected chi connectivity index (χ2v) is 9.23. The summed E-state index contributed by atoms with van der Waals surface area (Å²) < 4.78 is 28.6. The van der Waals surface area contributed by atoms with Crippen LogP contribution >= 0.6 is 0 Å². The van der Waals surface area contributed by atoms with Crippen LogP contribution < -0.4 is 15.1 Å². The highest BCUT2D eigenvalue weighted by molar-refractivity contribution is 5.97. The summed E-state index contributed by atoms with van der Waals surface area (Å²) in [5, 5.41) is 9.54. The molecule has 2 unspecified atom stereocenters. The number of carboxylic acids is 1. The summed E-state index contributed by atoms with van der Waals surface area (Å²) in [6, 6.07) is 1.14. The van der Waals surface area contributed by atoms with Crippen molar-refractivity contribution in [2.45, 2.75) is 31.3 Å². The molecule has 9 nitrogen and oxygen atoms in total. The highest BCUT2D eigenvalue weighted by Gasteiger charge is 2.37. The van der Waals surface area contributed by atoms with Crippen LogP contribution in [0.3, 0.4) is 0 Å². The van der Waals surface area contributed by atoms with Gasteiger partial charge in [0.2, 0.25) is 11.3 Å². The second kappa shape index (κ2) is 8.43. The largest absolute Gasteiger partial charge is 0.492 e. The van der Waals surface area contributed by atoms with E-state index in [0.29, 0.717) is 30.2 Å². The number of carbonyl (C=O) groups is 1. The third-order valence-corrected chi connectivity index (χ3v) is 6.82. The lowest BCUT2D eigenvalue weighted by atomic mass is 9.98. The number of methoxy groups -OCH3 is 1. The van der Waals surface area contributed by atoms with Crippen LogP contribution in [0.5, 0.6) is 5.75 Å². The number of halogens is 1. The molecule has 1 saturated carbocycles. The lowest BCUT2D eigenvalue weighted by molar-refractivity contribution is 0.0694. The molecule has 3 aromatic rings. The van der Waals surface area contributed by atoms with E-state index in [2.05, 4.69) is 4.98 Å². The minimum atomic E-state index is -1.33. The second-order valence-electron chi connectivity index (χ2n) is 9.23. The Morgan fingerprint density at radius 2 is 2.12 bits per heavy atom. The maximum absolute atomic E-state index is 15.6. The molecule has 1 N–H and O–H groups in total. The van der Waals surface area contributed by atoms with Gasteiger partial charge in [-0.2, -0.15) is 0 Å². The molecule has 0 spiro atoms. The van der Waals surface area contributed by atoms with E-state index in [0.717, 1.165) is 25.3 Å². The van der Waals surface area contributed by atoms with Crippen molar-refractivity contribution in [2.75, 3.05) is 39.2 Å². The van der Waals surface area contributed by atoms with Gasteiger partial charge in [-0.25, -0.2) is 14.2 Å². The number of anilines is 1. The number of aromatic nitrogens is 2. The van der Waals surface area contributed by atoms with Gasteiger partial charge in [-0.1, -0.05) is 0 Å². The summed E-state index contributed by atoms with van der Waals surface area (Å²) in [5.74, 6) is -0.924. The maximum atomic E-state index is 15.6. The SMILES string of the molecule is COc1c(N2CCC(C(c3ncco3)N(C)C)C2)c(F)cc2c(=O)c(C(=O)O)cn(C3CC3)c12. The van der Waals surface area contributed by atoms with Crippen LogP contribution in [0.1, 0.15) is 47.6 Å². The lowest BCUT2D eigenvalue weighted by Gasteiger charge is -2.28. The Balaban J connectivity index is 1.61. The van der Waals surface area contributed by atoms with Gasteiger partial charge in [-0.15, -0.1) is 0 Å². The molecule has 2 atom stereocenters. The molecular weight excluding hydrogens is 443 g/mol. The first-order chi connectivity index (χ1) is 16.3. The van der Waals surface area contributed by atoms with Crippen LogP contribution in [0.2, 0.25) is 0 Å². The van der Waals surface area contributed by atoms with Crippen LogP contribution in [-0.4, -0.2) is 59.8 Å². The first kappa shape index (κ1) is 22.4. The number of hydrogen-bond donors (Lipinski definition) is 1. The topological polar surface area (TPSA) is 101 Å². The molecule has 34 heavy (non-hydrogen) atoms. The van der Waals surface area contributed by atoms with Gasteiger partial charge in [-0.05, 0) is 39.4 Å². The third kappa shape index (κ3) is 3.62. The Labute approximate surface area is 195 Å². The number of pyridine rings is 1. The fourth-order valence-corrected chi connectivity index (χ4v) is 5.20. The first-order valence-electron chi connectivity index (χ1n) is 11.3. The van der Waals surface area contributed by atoms with E-state index in [4.69, 9.17) is 9.15 Å². The van der Waals surface area contributed by atoms with Gasteiger partial charge in [0.05, 0.1) is 30.3 Å². The van der Waals surface area contributed by atoms with Gasteiger partial charge in [-0.3, -0.25) is 9.69 Å². The van der Waals surface area contributed by atoms with E-state index < -0.39 is 17.2 Å². The van der Waals surface area contributed by atoms with Crippen molar-refractivity contribution < 1.29 is 23.4 Å². The predicted molar refractivity (Wildman–Crippen MR) is 123 cm³/mol. The Morgan fingerprint density at radius 1 is 1.35 bits per heavy atom. The van der Waals surface area contributed by atoms with Crippen molar-refractivity contribution in [3.8, 4) is 5.75 Å². The number of oxazole rings is 1. The fraction of sp³-hybridized carbons (Fsp3) is 0.458. The molecule has 0 bridgehead atoms. The summed E-state index contributed by atoms with van der Waals surface area (Å²) >= 11 is 0. The van der Waals surface area contributed by atoms with Crippen LogP contribution in [0.15, 0.2) is 33.9 Å². The lowest BCUT2D eigenvalue weighted by Crippen LogP contribution is -2.30. The minimum Gasteiger partial charge on any atom is -0.492 e. The quantitative estimate of drug-likeness (QED) is 0.561. The highest BCUT2D eigenvalue weighted by Crippen LogP contribution is 2.45. The summed E-state index contributed by atoms with van der Waals surface area (Å²) in [6.07, 6.45) is 7.05. The number of ether oxygens (including phenoxy) is 1. The number of carboxylic acid groups (broad SMARTS) is 1. The molecular formula is C24H27FN4O5. The number of rotatable bonds is 7. The van der Waals surface area contributed by atoms with Gasteiger partial charge in [0.15, 0.2) is 11.6 Å². The monoisotopic (exact) mass is 470 g/mol. The van der Waals surface area contributed by atoms with Crippen LogP contribution in [0.4, 0.5) is 10.1 Å². The number of fused-ring (bicyclic) bond motifs is 1. The van der Waals surface area contributed by atoms with Gasteiger partial charge in [0.1, 0.15) is 17.5 Å². The van der Waals surface area contributed by atoms with Gasteiger partial charge >= 0.3 is 5.97 Å². The predicted octanol–water partition coefficient (Wildman–Crippen LogP) is 3.30. The van der Waals surface area contributed by atoms with Gasteiger partial charge < -0.3 is 23.7 Å². The molecule has 1 aromatic carbocycles. The number of hydrogen-bond acceptors (Lipinski definition) is 7. The minimum absolute atomic E-state index is 0.0200. The standard InChI is InChI=1S/C24H27FN4O5/c1-27(2)18(23-26-7-9-34-23)13-6-8-28(11-13)20-17(25)10-15-19(22(20)33-3)29(14-4-5-14)12-16(21(15)30)24(31)32/h7,9-10,12-14,18H,4-6,8,11H2,1-3H3,(H,31,32). The third-order valence-electron chi connectivity index (χ3n) is 6.82. The molecule has 0 amide bonds. The molecule has 5 rings (SSSR count). The smallest absolute Gasteiger partial charge is 0.341 e. The molecule has 3 heterocycles. The zero-order valence-electron chi connectivity index (χ0n) is 19.3. The van der Waals surface area contributed by atoms with E-state index in [9.17, 15) is 14.7 Å². The molecule has 2 aromatic heterocycles. The molecule has 10 heteroatoms.